The zero-order valence-corrected chi connectivity index (χ0v) is 14.3. The Morgan fingerprint density at radius 2 is 1.27 bits per heavy atom. The molecule has 0 saturated heterocycles. The molecule has 3 amide bonds. The number of carbonyl (C=O) groups excluding carboxylic acids is 2. The van der Waals surface area contributed by atoms with Crippen molar-refractivity contribution >= 4 is 23.3 Å². The zero-order chi connectivity index (χ0) is 18.4. The molecule has 130 valence electrons. The van der Waals surface area contributed by atoms with Gasteiger partial charge in [0.25, 0.3) is 5.91 Å². The smallest absolute Gasteiger partial charge is 0.318 e. The Kier molecular flexibility index (Phi) is 5.29. The lowest BCUT2D eigenvalue weighted by Crippen LogP contribution is -2.24. The maximum Gasteiger partial charge on any atom is 0.318 e. The molecule has 0 fully saturated rings. The first-order chi connectivity index (χ1) is 12.7. The van der Waals surface area contributed by atoms with Crippen LogP contribution in [-0.2, 0) is 0 Å². The summed E-state index contributed by atoms with van der Waals surface area (Å²) in [6, 6.07) is 23.9. The number of rotatable bonds is 4. The van der Waals surface area contributed by atoms with E-state index in [4.69, 9.17) is 0 Å². The number of nitrogens with one attached hydrogen (secondary N) is 3. The minimum absolute atomic E-state index is 0.184. The monoisotopic (exact) mass is 345 g/mol. The summed E-state index contributed by atoms with van der Waals surface area (Å²) < 4.78 is 0. The van der Waals surface area contributed by atoms with Crippen molar-refractivity contribution in [1.29, 1.82) is 0 Å². The summed E-state index contributed by atoms with van der Waals surface area (Å²) in [7, 11) is 1.55. The number of carbonyl (C=O) groups is 2. The van der Waals surface area contributed by atoms with Gasteiger partial charge in [0.2, 0.25) is 0 Å². The highest BCUT2D eigenvalue weighted by molar-refractivity contribution is 6.08. The van der Waals surface area contributed by atoms with Crippen LogP contribution >= 0.6 is 0 Å². The van der Waals surface area contributed by atoms with Crippen LogP contribution in [0.25, 0.3) is 11.1 Å². The highest BCUT2D eigenvalue weighted by Gasteiger charge is 2.12. The Balaban J connectivity index is 1.78. The normalized spacial score (nSPS) is 10.0. The van der Waals surface area contributed by atoms with Crippen molar-refractivity contribution in [2.75, 3.05) is 17.7 Å². The quantitative estimate of drug-likeness (QED) is 0.657. The summed E-state index contributed by atoms with van der Waals surface area (Å²) in [6.45, 7) is 0. The molecule has 0 bridgehead atoms. The molecule has 0 aliphatic heterocycles. The summed E-state index contributed by atoms with van der Waals surface area (Å²) in [4.78, 5) is 24.0. The van der Waals surface area contributed by atoms with Crippen LogP contribution < -0.4 is 16.0 Å². The highest BCUT2D eigenvalue weighted by atomic mass is 16.2. The van der Waals surface area contributed by atoms with Gasteiger partial charge in [-0.25, -0.2) is 4.79 Å². The van der Waals surface area contributed by atoms with E-state index in [1.165, 1.54) is 0 Å². The van der Waals surface area contributed by atoms with E-state index >= 15 is 0 Å². The summed E-state index contributed by atoms with van der Waals surface area (Å²) >= 11 is 0. The molecule has 26 heavy (non-hydrogen) atoms. The van der Waals surface area contributed by atoms with Gasteiger partial charge >= 0.3 is 6.03 Å². The number of urea groups is 1. The van der Waals surface area contributed by atoms with Crippen LogP contribution in [0.15, 0.2) is 78.9 Å². The van der Waals surface area contributed by atoms with Crippen LogP contribution in [0.3, 0.4) is 0 Å². The molecule has 3 N–H and O–H groups in total. The van der Waals surface area contributed by atoms with E-state index in [0.29, 0.717) is 16.9 Å². The SMILES string of the molecule is CNC(=O)Nc1ccc(NC(=O)c2ccccc2-c2ccccc2)cc1. The van der Waals surface area contributed by atoms with Crippen LogP contribution in [0.1, 0.15) is 10.4 Å². The van der Waals surface area contributed by atoms with E-state index in [0.717, 1.165) is 11.1 Å². The molecule has 0 aliphatic carbocycles. The second-order valence-corrected chi connectivity index (χ2v) is 5.65. The zero-order valence-electron chi connectivity index (χ0n) is 14.3. The van der Waals surface area contributed by atoms with E-state index < -0.39 is 0 Å². The molecule has 0 saturated carbocycles. The molecule has 3 aromatic rings. The van der Waals surface area contributed by atoms with Crippen LogP contribution in [0, 0.1) is 0 Å². The first-order valence-corrected chi connectivity index (χ1v) is 8.22. The summed E-state index contributed by atoms with van der Waals surface area (Å²) in [5, 5.41) is 8.05. The molecular weight excluding hydrogens is 326 g/mol. The summed E-state index contributed by atoms with van der Waals surface area (Å²) in [5.74, 6) is -0.184. The van der Waals surface area contributed by atoms with Gasteiger partial charge in [-0.2, -0.15) is 0 Å². The maximum absolute atomic E-state index is 12.7. The van der Waals surface area contributed by atoms with Gasteiger partial charge in [0.1, 0.15) is 0 Å². The highest BCUT2D eigenvalue weighted by Crippen LogP contribution is 2.24. The maximum atomic E-state index is 12.7. The standard InChI is InChI=1S/C21H19N3O2/c1-22-21(26)24-17-13-11-16(12-14-17)23-20(25)19-10-6-5-9-18(19)15-7-3-2-4-8-15/h2-14H,1H3,(H,23,25)(H2,22,24,26). The molecule has 3 aromatic carbocycles. The van der Waals surface area contributed by atoms with Crippen molar-refractivity contribution in [3.63, 3.8) is 0 Å². The fourth-order valence-electron chi connectivity index (χ4n) is 2.58. The second kappa shape index (κ2) is 7.98. The first kappa shape index (κ1) is 17.2. The molecule has 0 unspecified atom stereocenters. The van der Waals surface area contributed by atoms with Crippen LogP contribution in [0.5, 0.6) is 0 Å². The third-order valence-corrected chi connectivity index (χ3v) is 3.88. The number of anilines is 2. The van der Waals surface area contributed by atoms with Gasteiger partial charge in [0.05, 0.1) is 0 Å². The molecule has 3 rings (SSSR count). The Labute approximate surface area is 152 Å². The number of amides is 3. The van der Waals surface area contributed by atoms with Crippen molar-refractivity contribution < 1.29 is 9.59 Å². The van der Waals surface area contributed by atoms with Gasteiger partial charge in [-0.05, 0) is 41.5 Å². The van der Waals surface area contributed by atoms with Crippen molar-refractivity contribution in [3.8, 4) is 11.1 Å². The average Bonchev–Trinajstić information content (AvgIpc) is 2.70. The van der Waals surface area contributed by atoms with Gasteiger partial charge in [-0.3, -0.25) is 4.79 Å². The predicted molar refractivity (Wildman–Crippen MR) is 104 cm³/mol. The van der Waals surface area contributed by atoms with Gasteiger partial charge in [0.15, 0.2) is 0 Å². The van der Waals surface area contributed by atoms with E-state index in [1.54, 1.807) is 37.4 Å². The number of hydrogen-bond donors (Lipinski definition) is 3. The van der Waals surface area contributed by atoms with Crippen molar-refractivity contribution in [2.45, 2.75) is 0 Å². The molecule has 5 nitrogen and oxygen atoms in total. The van der Waals surface area contributed by atoms with Crippen molar-refractivity contribution in [1.82, 2.24) is 5.32 Å². The third-order valence-electron chi connectivity index (χ3n) is 3.88. The minimum Gasteiger partial charge on any atom is -0.341 e. The molecule has 0 aromatic heterocycles. The Morgan fingerprint density at radius 3 is 1.92 bits per heavy atom. The first-order valence-electron chi connectivity index (χ1n) is 8.22. The minimum atomic E-state index is -0.293. The molecule has 0 radical (unpaired) electrons. The van der Waals surface area contributed by atoms with Gasteiger partial charge in [0, 0.05) is 24.0 Å². The molecule has 0 heterocycles. The van der Waals surface area contributed by atoms with E-state index in [9.17, 15) is 9.59 Å². The second-order valence-electron chi connectivity index (χ2n) is 5.65. The Bertz CT molecular complexity index is 906. The Hall–Kier alpha value is -3.60. The van der Waals surface area contributed by atoms with E-state index in [1.807, 2.05) is 48.5 Å². The van der Waals surface area contributed by atoms with Gasteiger partial charge in [-0.1, -0.05) is 48.5 Å². The van der Waals surface area contributed by atoms with Gasteiger partial charge in [-0.15, -0.1) is 0 Å². The van der Waals surface area contributed by atoms with Gasteiger partial charge < -0.3 is 16.0 Å². The lowest BCUT2D eigenvalue weighted by atomic mass is 9.99. The van der Waals surface area contributed by atoms with Crippen molar-refractivity contribution in [2.24, 2.45) is 0 Å². The fraction of sp³-hybridized carbons (Fsp3) is 0.0476. The lowest BCUT2D eigenvalue weighted by Gasteiger charge is -2.11. The largest absolute Gasteiger partial charge is 0.341 e. The average molecular weight is 345 g/mol. The van der Waals surface area contributed by atoms with Crippen molar-refractivity contribution in [3.05, 3.63) is 84.4 Å². The number of benzene rings is 3. The number of hydrogen-bond acceptors (Lipinski definition) is 2. The van der Waals surface area contributed by atoms with Crippen LogP contribution in [0.4, 0.5) is 16.2 Å². The van der Waals surface area contributed by atoms with E-state index in [-0.39, 0.29) is 11.9 Å². The van der Waals surface area contributed by atoms with Crippen LogP contribution in [0.2, 0.25) is 0 Å². The fourth-order valence-corrected chi connectivity index (χ4v) is 2.58. The molecule has 0 aliphatic rings. The molecule has 0 spiro atoms. The third kappa shape index (κ3) is 4.08. The molecule has 5 heteroatoms. The van der Waals surface area contributed by atoms with E-state index in [2.05, 4.69) is 16.0 Å². The summed E-state index contributed by atoms with van der Waals surface area (Å²) in [6.07, 6.45) is 0. The Morgan fingerprint density at radius 1 is 0.692 bits per heavy atom. The predicted octanol–water partition coefficient (Wildman–Crippen LogP) is 4.36. The van der Waals surface area contributed by atoms with Crippen LogP contribution in [-0.4, -0.2) is 19.0 Å². The topological polar surface area (TPSA) is 70.2 Å². The molecular formula is C21H19N3O2. The summed E-state index contributed by atoms with van der Waals surface area (Å²) in [5.41, 5.74) is 3.77. The molecule has 0 atom stereocenters. The lowest BCUT2D eigenvalue weighted by molar-refractivity contribution is 0.102.